The third-order valence-electron chi connectivity index (χ3n) is 2.32. The van der Waals surface area contributed by atoms with Crippen molar-refractivity contribution in [3.05, 3.63) is 23.9 Å². The van der Waals surface area contributed by atoms with Crippen LogP contribution in [0.1, 0.15) is 25.3 Å². The van der Waals surface area contributed by atoms with Crippen molar-refractivity contribution in [2.75, 3.05) is 0 Å². The number of pyridine rings is 1. The van der Waals surface area contributed by atoms with Crippen molar-refractivity contribution in [3.63, 3.8) is 0 Å². The number of rotatable bonds is 1. The van der Waals surface area contributed by atoms with E-state index in [4.69, 9.17) is 4.74 Å². The molecule has 1 aliphatic rings. The standard InChI is InChI=1S/C10H13NO/c1-2-9-6-5-8-4-3-7-11-10(8)12-9/h3-4,7,9H,2,5-6H2,1H3. The quantitative estimate of drug-likeness (QED) is 0.633. The number of fused-ring (bicyclic) bond motifs is 1. The zero-order valence-electron chi connectivity index (χ0n) is 7.29. The fourth-order valence-electron chi connectivity index (χ4n) is 1.54. The van der Waals surface area contributed by atoms with Gasteiger partial charge in [0.2, 0.25) is 5.88 Å². The lowest BCUT2D eigenvalue weighted by atomic mass is 10.0. The molecule has 0 N–H and O–H groups in total. The van der Waals surface area contributed by atoms with Crippen LogP contribution in [0.15, 0.2) is 18.3 Å². The Hall–Kier alpha value is -1.05. The van der Waals surface area contributed by atoms with Crippen LogP contribution in [0, 0.1) is 0 Å². The Bertz CT molecular complexity index is 272. The van der Waals surface area contributed by atoms with Gasteiger partial charge in [0, 0.05) is 11.8 Å². The maximum Gasteiger partial charge on any atom is 0.216 e. The highest BCUT2D eigenvalue weighted by Gasteiger charge is 2.17. The third kappa shape index (κ3) is 1.29. The molecule has 1 aromatic rings. The molecule has 0 bridgehead atoms. The normalized spacial score (nSPS) is 21.2. The summed E-state index contributed by atoms with van der Waals surface area (Å²) in [5, 5.41) is 0. The summed E-state index contributed by atoms with van der Waals surface area (Å²) in [6.45, 7) is 2.15. The first-order chi connectivity index (χ1) is 5.90. The van der Waals surface area contributed by atoms with Gasteiger partial charge in [-0.3, -0.25) is 0 Å². The summed E-state index contributed by atoms with van der Waals surface area (Å²) in [5.41, 5.74) is 1.25. The number of aryl methyl sites for hydroxylation is 1. The van der Waals surface area contributed by atoms with Crippen molar-refractivity contribution in [3.8, 4) is 5.88 Å². The molecule has 2 heteroatoms. The van der Waals surface area contributed by atoms with Crippen LogP contribution in [0.4, 0.5) is 0 Å². The van der Waals surface area contributed by atoms with Gasteiger partial charge in [-0.25, -0.2) is 4.98 Å². The van der Waals surface area contributed by atoms with E-state index in [1.807, 2.05) is 6.07 Å². The van der Waals surface area contributed by atoms with Gasteiger partial charge in [0.1, 0.15) is 6.10 Å². The molecular weight excluding hydrogens is 150 g/mol. The largest absolute Gasteiger partial charge is 0.474 e. The van der Waals surface area contributed by atoms with E-state index < -0.39 is 0 Å². The van der Waals surface area contributed by atoms with E-state index in [1.54, 1.807) is 6.20 Å². The van der Waals surface area contributed by atoms with Crippen LogP contribution >= 0.6 is 0 Å². The lowest BCUT2D eigenvalue weighted by molar-refractivity contribution is 0.161. The number of nitrogens with zero attached hydrogens (tertiary/aromatic N) is 1. The molecule has 2 nitrogen and oxygen atoms in total. The van der Waals surface area contributed by atoms with E-state index in [0.29, 0.717) is 6.10 Å². The maximum absolute atomic E-state index is 5.67. The topological polar surface area (TPSA) is 22.1 Å². The molecule has 0 fully saturated rings. The highest BCUT2D eigenvalue weighted by molar-refractivity contribution is 5.27. The first-order valence-corrected chi connectivity index (χ1v) is 4.50. The first kappa shape index (κ1) is 7.59. The summed E-state index contributed by atoms with van der Waals surface area (Å²) in [4.78, 5) is 4.20. The predicted molar refractivity (Wildman–Crippen MR) is 47.3 cm³/mol. The Balaban J connectivity index is 2.23. The molecule has 2 rings (SSSR count). The van der Waals surface area contributed by atoms with Crippen molar-refractivity contribution >= 4 is 0 Å². The van der Waals surface area contributed by atoms with Crippen molar-refractivity contribution < 1.29 is 4.74 Å². The van der Waals surface area contributed by atoms with Crippen molar-refractivity contribution in [1.82, 2.24) is 4.98 Å². The van der Waals surface area contributed by atoms with Gasteiger partial charge >= 0.3 is 0 Å². The molecule has 64 valence electrons. The molecule has 0 aromatic carbocycles. The third-order valence-corrected chi connectivity index (χ3v) is 2.32. The first-order valence-electron chi connectivity index (χ1n) is 4.50. The Kier molecular flexibility index (Phi) is 1.98. The van der Waals surface area contributed by atoms with Crippen LogP contribution in [0.2, 0.25) is 0 Å². The van der Waals surface area contributed by atoms with Gasteiger partial charge in [0.05, 0.1) is 0 Å². The SMILES string of the molecule is CCC1CCc2cccnc2O1. The molecule has 1 atom stereocenters. The van der Waals surface area contributed by atoms with E-state index in [2.05, 4.69) is 18.0 Å². The second-order valence-electron chi connectivity index (χ2n) is 3.15. The Morgan fingerprint density at radius 1 is 1.67 bits per heavy atom. The van der Waals surface area contributed by atoms with Crippen LogP contribution < -0.4 is 4.74 Å². The van der Waals surface area contributed by atoms with Crippen molar-refractivity contribution in [2.24, 2.45) is 0 Å². The number of aromatic nitrogens is 1. The summed E-state index contributed by atoms with van der Waals surface area (Å²) in [6, 6.07) is 4.06. The second-order valence-corrected chi connectivity index (χ2v) is 3.15. The molecule has 0 amide bonds. The van der Waals surface area contributed by atoms with E-state index in [0.717, 1.165) is 25.1 Å². The minimum Gasteiger partial charge on any atom is -0.474 e. The van der Waals surface area contributed by atoms with Gasteiger partial charge in [-0.15, -0.1) is 0 Å². The van der Waals surface area contributed by atoms with Crippen molar-refractivity contribution in [2.45, 2.75) is 32.3 Å². The molecular formula is C10H13NO. The fourth-order valence-corrected chi connectivity index (χ4v) is 1.54. The molecule has 12 heavy (non-hydrogen) atoms. The zero-order valence-corrected chi connectivity index (χ0v) is 7.29. The highest BCUT2D eigenvalue weighted by Crippen LogP contribution is 2.25. The Morgan fingerprint density at radius 3 is 3.42 bits per heavy atom. The van der Waals surface area contributed by atoms with Crippen LogP contribution in [-0.4, -0.2) is 11.1 Å². The van der Waals surface area contributed by atoms with Gasteiger partial charge in [0.15, 0.2) is 0 Å². The minimum absolute atomic E-state index is 0.382. The van der Waals surface area contributed by atoms with Crippen molar-refractivity contribution in [1.29, 1.82) is 0 Å². The second kappa shape index (κ2) is 3.13. The summed E-state index contributed by atoms with van der Waals surface area (Å²) < 4.78 is 5.67. The summed E-state index contributed by atoms with van der Waals surface area (Å²) in [7, 11) is 0. The van der Waals surface area contributed by atoms with Crippen LogP contribution in [0.3, 0.4) is 0 Å². The molecule has 2 heterocycles. The predicted octanol–water partition coefficient (Wildman–Crippen LogP) is 2.19. The minimum atomic E-state index is 0.382. The maximum atomic E-state index is 5.67. The van der Waals surface area contributed by atoms with E-state index in [1.165, 1.54) is 5.56 Å². The monoisotopic (exact) mass is 163 g/mol. The lowest BCUT2D eigenvalue weighted by Crippen LogP contribution is -2.22. The van der Waals surface area contributed by atoms with E-state index >= 15 is 0 Å². The van der Waals surface area contributed by atoms with Crippen LogP contribution in [0.25, 0.3) is 0 Å². The average Bonchev–Trinajstić information content (AvgIpc) is 2.17. The zero-order chi connectivity index (χ0) is 8.39. The molecule has 0 aliphatic carbocycles. The highest BCUT2D eigenvalue weighted by atomic mass is 16.5. The van der Waals surface area contributed by atoms with Gasteiger partial charge < -0.3 is 4.74 Å². The number of ether oxygens (including phenoxy) is 1. The lowest BCUT2D eigenvalue weighted by Gasteiger charge is -2.23. The number of hydrogen-bond donors (Lipinski definition) is 0. The molecule has 0 saturated heterocycles. The molecule has 1 aromatic heterocycles. The van der Waals surface area contributed by atoms with E-state index in [9.17, 15) is 0 Å². The molecule has 0 saturated carbocycles. The molecule has 1 unspecified atom stereocenters. The Morgan fingerprint density at radius 2 is 2.58 bits per heavy atom. The van der Waals surface area contributed by atoms with Gasteiger partial charge in [0.25, 0.3) is 0 Å². The van der Waals surface area contributed by atoms with Gasteiger partial charge in [-0.05, 0) is 25.3 Å². The smallest absolute Gasteiger partial charge is 0.216 e. The molecule has 1 aliphatic heterocycles. The van der Waals surface area contributed by atoms with Gasteiger partial charge in [-0.2, -0.15) is 0 Å². The summed E-state index contributed by atoms with van der Waals surface area (Å²) in [5.74, 6) is 0.843. The van der Waals surface area contributed by atoms with Crippen LogP contribution in [0.5, 0.6) is 5.88 Å². The average molecular weight is 163 g/mol. The van der Waals surface area contributed by atoms with E-state index in [-0.39, 0.29) is 0 Å². The molecule has 0 spiro atoms. The summed E-state index contributed by atoms with van der Waals surface area (Å²) in [6.07, 6.45) is 5.50. The van der Waals surface area contributed by atoms with Crippen LogP contribution in [-0.2, 0) is 6.42 Å². The number of hydrogen-bond acceptors (Lipinski definition) is 2. The fraction of sp³-hybridized carbons (Fsp3) is 0.500. The molecule has 0 radical (unpaired) electrons. The Labute approximate surface area is 72.6 Å². The summed E-state index contributed by atoms with van der Waals surface area (Å²) >= 11 is 0. The van der Waals surface area contributed by atoms with Gasteiger partial charge in [-0.1, -0.05) is 13.0 Å².